The zero-order valence-electron chi connectivity index (χ0n) is 17.1. The highest BCUT2D eigenvalue weighted by Gasteiger charge is 2.22. The van der Waals surface area contributed by atoms with Crippen molar-refractivity contribution in [1.29, 1.82) is 0 Å². The minimum atomic E-state index is -1.01. The number of aromatic nitrogens is 1. The van der Waals surface area contributed by atoms with E-state index in [1.165, 1.54) is 23.8 Å². The average Bonchev–Trinajstić information content (AvgIpc) is 3.24. The molecule has 1 amide bonds. The monoisotopic (exact) mass is 434 g/mol. The minimum Gasteiger partial charge on any atom is -0.503 e. The molecule has 0 bridgehead atoms. The summed E-state index contributed by atoms with van der Waals surface area (Å²) in [6, 6.07) is 2.07. The number of amides is 1. The lowest BCUT2D eigenvalue weighted by atomic mass is 10.1. The summed E-state index contributed by atoms with van der Waals surface area (Å²) in [6.07, 6.45) is 5.77. The van der Waals surface area contributed by atoms with E-state index in [0.29, 0.717) is 12.4 Å². The Morgan fingerprint density at radius 3 is 2.71 bits per heavy atom. The van der Waals surface area contributed by atoms with Crippen LogP contribution in [-0.2, 0) is 11.3 Å². The summed E-state index contributed by atoms with van der Waals surface area (Å²) in [5.74, 6) is -3.30. The van der Waals surface area contributed by atoms with Crippen molar-refractivity contribution in [3.05, 3.63) is 63.1 Å². The number of halogens is 2. The summed E-state index contributed by atoms with van der Waals surface area (Å²) in [7, 11) is 0. The molecule has 1 atom stereocenters. The van der Waals surface area contributed by atoms with Crippen LogP contribution in [0.15, 0.2) is 29.2 Å². The van der Waals surface area contributed by atoms with Gasteiger partial charge in [0.15, 0.2) is 12.0 Å². The molecular weight excluding hydrogens is 410 g/mol. The molecule has 1 aromatic carbocycles. The van der Waals surface area contributed by atoms with Crippen molar-refractivity contribution in [2.45, 2.75) is 51.3 Å². The van der Waals surface area contributed by atoms with Crippen LogP contribution in [0.5, 0.6) is 5.75 Å². The number of ether oxygens (including phenoxy) is 1. The van der Waals surface area contributed by atoms with E-state index in [-0.39, 0.29) is 30.5 Å². The summed E-state index contributed by atoms with van der Waals surface area (Å²) >= 11 is 0. The van der Waals surface area contributed by atoms with Crippen molar-refractivity contribution in [3.63, 3.8) is 0 Å². The van der Waals surface area contributed by atoms with Gasteiger partial charge in [-0.05, 0) is 25.8 Å². The van der Waals surface area contributed by atoms with Crippen molar-refractivity contribution in [1.82, 2.24) is 9.88 Å². The first kappa shape index (κ1) is 22.6. The molecule has 7 nitrogen and oxygen atoms in total. The molecule has 2 aromatic rings. The summed E-state index contributed by atoms with van der Waals surface area (Å²) in [5, 5.41) is 12.6. The predicted octanol–water partition coefficient (Wildman–Crippen LogP) is 3.09. The Morgan fingerprint density at radius 1 is 1.35 bits per heavy atom. The van der Waals surface area contributed by atoms with E-state index in [2.05, 4.69) is 5.32 Å². The molecule has 0 spiro atoms. The average molecular weight is 434 g/mol. The number of hydrogen-bond acceptors (Lipinski definition) is 5. The zero-order chi connectivity index (χ0) is 22.5. The zero-order valence-corrected chi connectivity index (χ0v) is 17.1. The Bertz CT molecular complexity index is 1030. The number of benzene rings is 1. The standard InChI is InChI=1S/C22H24F2N2O5/c1-13(16-7-6-14(23)10-18(16)24)25-22(30)17-11-26(19(12-27)21(29)20(17)28)8-9-31-15-4-2-3-5-15/h6-7,10-13,15,29H,2-5,8-9H2,1H3,(H,25,30)/t13-/m0/s1. The van der Waals surface area contributed by atoms with Crippen LogP contribution in [0.25, 0.3) is 0 Å². The lowest BCUT2D eigenvalue weighted by Gasteiger charge is -2.18. The second-order valence-corrected chi connectivity index (χ2v) is 7.56. The van der Waals surface area contributed by atoms with Gasteiger partial charge in [-0.2, -0.15) is 0 Å². The Kier molecular flexibility index (Phi) is 7.17. The van der Waals surface area contributed by atoms with Crippen molar-refractivity contribution in [2.24, 2.45) is 0 Å². The second-order valence-electron chi connectivity index (χ2n) is 7.56. The van der Waals surface area contributed by atoms with Gasteiger partial charge in [-0.1, -0.05) is 18.9 Å². The lowest BCUT2D eigenvalue weighted by molar-refractivity contribution is 0.0524. The van der Waals surface area contributed by atoms with Gasteiger partial charge >= 0.3 is 0 Å². The fourth-order valence-corrected chi connectivity index (χ4v) is 3.71. The van der Waals surface area contributed by atoms with Gasteiger partial charge in [0.25, 0.3) is 5.91 Å². The Morgan fingerprint density at radius 2 is 2.06 bits per heavy atom. The maximum absolute atomic E-state index is 14.0. The second kappa shape index (κ2) is 9.82. The van der Waals surface area contributed by atoms with Crippen LogP contribution in [-0.4, -0.2) is 34.6 Å². The molecule has 1 aliphatic rings. The molecule has 166 valence electrons. The SMILES string of the molecule is C[C@H](NC(=O)c1cn(CCOC2CCCC2)c(C=O)c(O)c1=O)c1ccc(F)cc1F. The third-order valence-electron chi connectivity index (χ3n) is 5.42. The normalized spacial score (nSPS) is 15.1. The third-order valence-corrected chi connectivity index (χ3v) is 5.42. The number of nitrogens with one attached hydrogen (secondary N) is 1. The molecule has 0 aliphatic heterocycles. The van der Waals surface area contributed by atoms with Gasteiger partial charge in [-0.25, -0.2) is 8.78 Å². The topological polar surface area (TPSA) is 97.6 Å². The first-order valence-corrected chi connectivity index (χ1v) is 10.1. The molecule has 1 heterocycles. The van der Waals surface area contributed by atoms with Crippen LogP contribution in [0.4, 0.5) is 8.78 Å². The molecule has 1 aromatic heterocycles. The highest BCUT2D eigenvalue weighted by atomic mass is 19.1. The smallest absolute Gasteiger partial charge is 0.257 e. The first-order valence-electron chi connectivity index (χ1n) is 10.1. The van der Waals surface area contributed by atoms with Gasteiger partial charge in [-0.3, -0.25) is 14.4 Å². The maximum atomic E-state index is 14.0. The van der Waals surface area contributed by atoms with Crippen molar-refractivity contribution >= 4 is 12.2 Å². The quantitative estimate of drug-likeness (QED) is 0.623. The van der Waals surface area contributed by atoms with E-state index < -0.39 is 40.3 Å². The van der Waals surface area contributed by atoms with E-state index >= 15 is 0 Å². The van der Waals surface area contributed by atoms with Crippen molar-refractivity contribution in [2.75, 3.05) is 6.61 Å². The molecule has 2 N–H and O–H groups in total. The first-order chi connectivity index (χ1) is 14.8. The molecule has 0 unspecified atom stereocenters. The summed E-state index contributed by atoms with van der Waals surface area (Å²) in [6.45, 7) is 1.87. The molecule has 1 aliphatic carbocycles. The van der Waals surface area contributed by atoms with E-state index in [4.69, 9.17) is 4.74 Å². The van der Waals surface area contributed by atoms with Crippen LogP contribution in [0.2, 0.25) is 0 Å². The molecule has 3 rings (SSSR count). The third kappa shape index (κ3) is 5.16. The molecule has 1 fully saturated rings. The van der Waals surface area contributed by atoms with E-state index in [1.54, 1.807) is 0 Å². The molecular formula is C22H24F2N2O5. The van der Waals surface area contributed by atoms with Crippen LogP contribution in [0.1, 0.15) is 65.1 Å². The number of hydrogen-bond donors (Lipinski definition) is 2. The largest absolute Gasteiger partial charge is 0.503 e. The van der Waals surface area contributed by atoms with Crippen molar-refractivity contribution < 1.29 is 28.2 Å². The van der Waals surface area contributed by atoms with E-state index in [9.17, 15) is 28.3 Å². The van der Waals surface area contributed by atoms with Gasteiger partial charge in [0.05, 0.1) is 18.8 Å². The van der Waals surface area contributed by atoms with E-state index in [0.717, 1.165) is 31.7 Å². The van der Waals surface area contributed by atoms with E-state index in [1.807, 2.05) is 0 Å². The molecule has 9 heteroatoms. The predicted molar refractivity (Wildman–Crippen MR) is 108 cm³/mol. The highest BCUT2D eigenvalue weighted by molar-refractivity contribution is 5.95. The summed E-state index contributed by atoms with van der Waals surface area (Å²) in [5.41, 5.74) is -1.64. The number of aldehydes is 1. The number of rotatable bonds is 8. The van der Waals surface area contributed by atoms with Crippen LogP contribution >= 0.6 is 0 Å². The van der Waals surface area contributed by atoms with Crippen LogP contribution < -0.4 is 10.7 Å². The minimum absolute atomic E-state index is 0.0359. The number of nitrogens with zero attached hydrogens (tertiary/aromatic N) is 1. The number of carbonyl (C=O) groups excluding carboxylic acids is 2. The molecule has 0 saturated heterocycles. The Hall–Kier alpha value is -3.07. The van der Waals surface area contributed by atoms with Crippen LogP contribution in [0, 0.1) is 11.6 Å². The van der Waals surface area contributed by atoms with Crippen LogP contribution in [0.3, 0.4) is 0 Å². The Labute approximate surface area is 177 Å². The molecule has 31 heavy (non-hydrogen) atoms. The fraction of sp³-hybridized carbons (Fsp3) is 0.409. The number of carbonyl (C=O) groups is 2. The van der Waals surface area contributed by atoms with Gasteiger partial charge in [0.2, 0.25) is 5.43 Å². The van der Waals surface area contributed by atoms with Gasteiger partial charge in [-0.15, -0.1) is 0 Å². The van der Waals surface area contributed by atoms with Gasteiger partial charge < -0.3 is 19.7 Å². The van der Waals surface area contributed by atoms with Crippen molar-refractivity contribution in [3.8, 4) is 5.75 Å². The fourth-order valence-electron chi connectivity index (χ4n) is 3.71. The highest BCUT2D eigenvalue weighted by Crippen LogP contribution is 2.21. The number of aromatic hydroxyl groups is 1. The van der Waals surface area contributed by atoms with Gasteiger partial charge in [0.1, 0.15) is 22.9 Å². The van der Waals surface area contributed by atoms with Gasteiger partial charge in [0, 0.05) is 24.4 Å². The Balaban J connectivity index is 1.80. The summed E-state index contributed by atoms with van der Waals surface area (Å²) < 4.78 is 34.1. The maximum Gasteiger partial charge on any atom is 0.257 e. The molecule has 1 saturated carbocycles. The lowest BCUT2D eigenvalue weighted by Crippen LogP contribution is -2.33. The summed E-state index contributed by atoms with van der Waals surface area (Å²) in [4.78, 5) is 36.5. The molecule has 0 radical (unpaired) electrons. The number of pyridine rings is 1.